The average Bonchev–Trinajstić information content (AvgIpc) is 2.89. The molecule has 0 radical (unpaired) electrons. The van der Waals surface area contributed by atoms with Gasteiger partial charge in [-0.3, -0.25) is 9.78 Å². The van der Waals surface area contributed by atoms with Crippen LogP contribution in [0, 0.1) is 11.6 Å². The van der Waals surface area contributed by atoms with Crippen LogP contribution < -0.4 is 10.2 Å². The lowest BCUT2D eigenvalue weighted by Crippen LogP contribution is -3.10. The predicted octanol–water partition coefficient (Wildman–Crippen LogP) is 3.45. The number of benzene rings is 3. The van der Waals surface area contributed by atoms with E-state index in [2.05, 4.69) is 17.4 Å². The van der Waals surface area contributed by atoms with Crippen molar-refractivity contribution in [2.45, 2.75) is 19.5 Å². The number of halogens is 2. The van der Waals surface area contributed by atoms with Crippen LogP contribution in [-0.4, -0.2) is 30.0 Å². The first-order valence-corrected chi connectivity index (χ1v) is 11.7. The van der Waals surface area contributed by atoms with E-state index in [1.165, 1.54) is 16.5 Å². The van der Waals surface area contributed by atoms with Crippen LogP contribution in [0.5, 0.6) is 0 Å². The van der Waals surface area contributed by atoms with Gasteiger partial charge in [0.05, 0.1) is 23.3 Å². The number of nitrogens with one attached hydrogen (secondary N) is 2. The van der Waals surface area contributed by atoms with Crippen LogP contribution in [0.4, 0.5) is 14.5 Å². The molecule has 182 valence electrons. The molecule has 1 aliphatic heterocycles. The summed E-state index contributed by atoms with van der Waals surface area (Å²) in [5.74, 6) is -3.33. The summed E-state index contributed by atoms with van der Waals surface area (Å²) in [5, 5.41) is 2.78. The molecule has 0 saturated heterocycles. The first-order valence-electron chi connectivity index (χ1n) is 11.7. The van der Waals surface area contributed by atoms with Gasteiger partial charge in [0, 0.05) is 22.9 Å². The number of hydrogen-bond acceptors (Lipinski definition) is 4. The molecule has 1 aliphatic rings. The topological polar surface area (TPSA) is 72.7 Å². The number of rotatable bonds is 6. The zero-order valence-electron chi connectivity index (χ0n) is 19.4. The fraction of sp³-hybridized carbons (Fsp3) is 0.179. The summed E-state index contributed by atoms with van der Waals surface area (Å²) in [4.78, 5) is 31.7. The summed E-state index contributed by atoms with van der Waals surface area (Å²) in [6.45, 7) is 1.58. The van der Waals surface area contributed by atoms with E-state index in [1.54, 1.807) is 6.07 Å². The van der Waals surface area contributed by atoms with Gasteiger partial charge in [-0.15, -0.1) is 0 Å². The standard InChI is InChI=1S/C28H23F2N3O3/c29-21-10-6-11-22(30)27(21)32-25(34)17-36-28(35)26-19-9-4-5-12-23(19)31-24-13-14-33(16-20(24)26)15-18-7-2-1-3-8-18/h1-12H,13-17H2,(H,32,34)/p+1. The Morgan fingerprint density at radius 2 is 1.67 bits per heavy atom. The summed E-state index contributed by atoms with van der Waals surface area (Å²) in [6, 6.07) is 20.7. The van der Waals surface area contributed by atoms with E-state index in [4.69, 9.17) is 9.72 Å². The van der Waals surface area contributed by atoms with Crippen molar-refractivity contribution in [3.8, 4) is 0 Å². The molecule has 1 aromatic heterocycles. The minimum absolute atomic E-state index is 0.380. The number of hydrogen-bond donors (Lipinski definition) is 2. The second kappa shape index (κ2) is 10.2. The Balaban J connectivity index is 1.38. The fourth-order valence-corrected chi connectivity index (χ4v) is 4.60. The molecule has 2 heterocycles. The van der Waals surface area contributed by atoms with Crippen LogP contribution in [0.3, 0.4) is 0 Å². The average molecular weight is 489 g/mol. The molecule has 5 rings (SSSR count). The van der Waals surface area contributed by atoms with E-state index in [1.807, 2.05) is 36.4 Å². The third-order valence-electron chi connectivity index (χ3n) is 6.28. The number of quaternary nitrogens is 1. The van der Waals surface area contributed by atoms with E-state index in [9.17, 15) is 18.4 Å². The van der Waals surface area contributed by atoms with Crippen molar-refractivity contribution in [3.63, 3.8) is 0 Å². The fourth-order valence-electron chi connectivity index (χ4n) is 4.60. The predicted molar refractivity (Wildman–Crippen MR) is 130 cm³/mol. The molecule has 3 aromatic carbocycles. The van der Waals surface area contributed by atoms with Crippen LogP contribution in [0.1, 0.15) is 27.2 Å². The monoisotopic (exact) mass is 488 g/mol. The highest BCUT2D eigenvalue weighted by Crippen LogP contribution is 2.26. The van der Waals surface area contributed by atoms with Gasteiger partial charge < -0.3 is 15.0 Å². The van der Waals surface area contributed by atoms with Crippen LogP contribution >= 0.6 is 0 Å². The SMILES string of the molecule is O=C(COC(=O)c1c2c(nc3ccccc13)CC[NH+](Cc1ccccc1)C2)Nc1c(F)cccc1F. The highest BCUT2D eigenvalue weighted by Gasteiger charge is 2.29. The van der Waals surface area contributed by atoms with Gasteiger partial charge in [-0.05, 0) is 18.2 Å². The Kier molecular flexibility index (Phi) is 6.69. The van der Waals surface area contributed by atoms with Gasteiger partial charge in [-0.2, -0.15) is 0 Å². The molecule has 1 amide bonds. The summed E-state index contributed by atoms with van der Waals surface area (Å²) in [5.41, 5.74) is 3.32. The number of carbonyl (C=O) groups is 2. The molecule has 8 heteroatoms. The maximum atomic E-state index is 13.9. The number of para-hydroxylation sites is 2. The molecule has 0 bridgehead atoms. The van der Waals surface area contributed by atoms with E-state index in [-0.39, 0.29) is 0 Å². The number of aromatic nitrogens is 1. The third kappa shape index (κ3) is 4.94. The van der Waals surface area contributed by atoms with Gasteiger partial charge in [0.1, 0.15) is 30.4 Å². The minimum atomic E-state index is -0.912. The number of fused-ring (bicyclic) bond motifs is 2. The van der Waals surface area contributed by atoms with Gasteiger partial charge in [-0.1, -0.05) is 54.6 Å². The molecule has 0 saturated carbocycles. The van der Waals surface area contributed by atoms with E-state index in [0.29, 0.717) is 29.4 Å². The quantitative estimate of drug-likeness (QED) is 0.408. The lowest BCUT2D eigenvalue weighted by Gasteiger charge is -2.27. The van der Waals surface area contributed by atoms with Gasteiger partial charge in [0.2, 0.25) is 0 Å². The first-order chi connectivity index (χ1) is 17.5. The van der Waals surface area contributed by atoms with Crippen molar-refractivity contribution in [3.05, 3.63) is 107 Å². The van der Waals surface area contributed by atoms with Crippen molar-refractivity contribution in [2.75, 3.05) is 18.5 Å². The summed E-state index contributed by atoms with van der Waals surface area (Å²) in [6.07, 6.45) is 0.704. The number of amides is 1. The Morgan fingerprint density at radius 1 is 0.944 bits per heavy atom. The highest BCUT2D eigenvalue weighted by molar-refractivity contribution is 6.06. The molecular formula is C28H24F2N3O3+. The summed E-state index contributed by atoms with van der Waals surface area (Å²) < 4.78 is 33.1. The molecular weight excluding hydrogens is 464 g/mol. The van der Waals surface area contributed by atoms with Gasteiger partial charge in [-0.25, -0.2) is 13.6 Å². The molecule has 0 aliphatic carbocycles. The Bertz CT molecular complexity index is 1420. The molecule has 2 N–H and O–H groups in total. The van der Waals surface area contributed by atoms with E-state index in [0.717, 1.165) is 36.5 Å². The summed E-state index contributed by atoms with van der Waals surface area (Å²) in [7, 11) is 0. The largest absolute Gasteiger partial charge is 0.452 e. The Hall–Kier alpha value is -4.17. The van der Waals surface area contributed by atoms with Crippen molar-refractivity contribution >= 4 is 28.5 Å². The first kappa shape index (κ1) is 23.6. The van der Waals surface area contributed by atoms with Gasteiger partial charge >= 0.3 is 5.97 Å². The maximum absolute atomic E-state index is 13.9. The van der Waals surface area contributed by atoms with Crippen LogP contribution in [-0.2, 0) is 29.0 Å². The van der Waals surface area contributed by atoms with E-state index >= 15 is 0 Å². The van der Waals surface area contributed by atoms with Gasteiger partial charge in [0.25, 0.3) is 5.91 Å². The Labute approximate surface area is 206 Å². The molecule has 6 nitrogen and oxygen atoms in total. The second-order valence-electron chi connectivity index (χ2n) is 8.74. The number of anilines is 1. The van der Waals surface area contributed by atoms with Crippen LogP contribution in [0.2, 0.25) is 0 Å². The molecule has 0 fully saturated rings. The van der Waals surface area contributed by atoms with Crippen molar-refractivity contribution < 1.29 is 28.0 Å². The number of carbonyl (C=O) groups excluding carboxylic acids is 2. The number of esters is 1. The number of pyridine rings is 1. The molecule has 4 aromatic rings. The lowest BCUT2D eigenvalue weighted by molar-refractivity contribution is -0.929. The molecule has 1 unspecified atom stereocenters. The van der Waals surface area contributed by atoms with Crippen LogP contribution in [0.25, 0.3) is 10.9 Å². The minimum Gasteiger partial charge on any atom is -0.452 e. The molecule has 0 spiro atoms. The molecule has 1 atom stereocenters. The number of ether oxygens (including phenoxy) is 1. The van der Waals surface area contributed by atoms with Crippen LogP contribution in [0.15, 0.2) is 72.8 Å². The summed E-state index contributed by atoms with van der Waals surface area (Å²) >= 11 is 0. The zero-order chi connectivity index (χ0) is 25.1. The highest BCUT2D eigenvalue weighted by atomic mass is 19.1. The van der Waals surface area contributed by atoms with Crippen molar-refractivity contribution in [2.24, 2.45) is 0 Å². The maximum Gasteiger partial charge on any atom is 0.339 e. The smallest absolute Gasteiger partial charge is 0.339 e. The van der Waals surface area contributed by atoms with E-state index < -0.39 is 35.8 Å². The zero-order valence-corrected chi connectivity index (χ0v) is 19.4. The van der Waals surface area contributed by atoms with Gasteiger partial charge in [0.15, 0.2) is 6.61 Å². The second-order valence-corrected chi connectivity index (χ2v) is 8.74. The van der Waals surface area contributed by atoms with Crippen molar-refractivity contribution in [1.29, 1.82) is 0 Å². The lowest BCUT2D eigenvalue weighted by atomic mass is 9.95. The molecule has 36 heavy (non-hydrogen) atoms. The number of nitrogens with zero attached hydrogens (tertiary/aromatic N) is 1. The third-order valence-corrected chi connectivity index (χ3v) is 6.28. The normalized spacial score (nSPS) is 14.8. The Morgan fingerprint density at radius 3 is 2.44 bits per heavy atom. The van der Waals surface area contributed by atoms with Crippen molar-refractivity contribution in [1.82, 2.24) is 4.98 Å².